The van der Waals surface area contributed by atoms with Gasteiger partial charge in [-0.05, 0) is 87.0 Å². The first kappa shape index (κ1) is 24.0. The Bertz CT molecular complexity index is 1180. The van der Waals surface area contributed by atoms with Gasteiger partial charge in [-0.3, -0.25) is 4.79 Å². The Morgan fingerprint density at radius 3 is 2.23 bits per heavy atom. The number of benzene rings is 2. The smallest absolute Gasteiger partial charge is 0.338 e. The molecule has 4 fully saturated rings. The molecule has 8 heteroatoms. The van der Waals surface area contributed by atoms with E-state index in [-0.39, 0.29) is 28.4 Å². The van der Waals surface area contributed by atoms with Crippen LogP contribution in [0, 0.1) is 17.8 Å². The highest BCUT2D eigenvalue weighted by Gasteiger charge is 2.51. The van der Waals surface area contributed by atoms with Gasteiger partial charge in [-0.1, -0.05) is 36.4 Å². The van der Waals surface area contributed by atoms with Crippen LogP contribution in [0.1, 0.15) is 61.4 Å². The molecule has 0 spiro atoms. The van der Waals surface area contributed by atoms with Crippen molar-refractivity contribution in [2.24, 2.45) is 17.8 Å². The predicted octanol–water partition coefficient (Wildman–Crippen LogP) is 3.80. The van der Waals surface area contributed by atoms with Crippen molar-refractivity contribution >= 4 is 21.9 Å². The molecule has 0 aliphatic heterocycles. The fourth-order valence-electron chi connectivity index (χ4n) is 6.56. The van der Waals surface area contributed by atoms with Crippen molar-refractivity contribution in [3.63, 3.8) is 0 Å². The molecule has 4 aliphatic rings. The number of ether oxygens (including phenoxy) is 1. The molecule has 1 unspecified atom stereocenters. The summed E-state index contributed by atoms with van der Waals surface area (Å²) in [5.74, 6) is 1.07. The van der Waals surface area contributed by atoms with Crippen molar-refractivity contribution < 1.29 is 22.7 Å². The third kappa shape index (κ3) is 5.28. The standard InChI is InChI=1S/C27H32N2O5S/c1-18(25(30)29-27-14-20-10-21(15-27)12-22(11-20)16-27)34-26(31)23-8-5-9-24(13-23)35(32,33)28-17-19-6-3-2-4-7-19/h2-9,13,18,20-22,28H,10-12,14-17H2,1H3,(H,29,30). The van der Waals surface area contributed by atoms with Gasteiger partial charge in [0.05, 0.1) is 10.5 Å². The maximum atomic E-state index is 12.9. The number of hydrogen-bond donors (Lipinski definition) is 2. The predicted molar refractivity (Wildman–Crippen MR) is 131 cm³/mol. The molecule has 186 valence electrons. The lowest BCUT2D eigenvalue weighted by Gasteiger charge is -2.57. The minimum atomic E-state index is -3.83. The number of carbonyl (C=O) groups excluding carboxylic acids is 2. The lowest BCUT2D eigenvalue weighted by atomic mass is 9.53. The molecule has 4 saturated carbocycles. The second-order valence-electron chi connectivity index (χ2n) is 10.6. The number of esters is 1. The quantitative estimate of drug-likeness (QED) is 0.542. The van der Waals surface area contributed by atoms with Crippen LogP contribution in [0.4, 0.5) is 0 Å². The lowest BCUT2D eigenvalue weighted by Crippen LogP contribution is -2.61. The van der Waals surface area contributed by atoms with E-state index in [1.807, 2.05) is 30.3 Å². The normalized spacial score (nSPS) is 27.9. The summed E-state index contributed by atoms with van der Waals surface area (Å²) in [7, 11) is -3.83. The van der Waals surface area contributed by atoms with E-state index in [0.717, 1.165) is 24.8 Å². The molecule has 2 aromatic rings. The van der Waals surface area contributed by atoms with E-state index in [1.54, 1.807) is 6.92 Å². The summed E-state index contributed by atoms with van der Waals surface area (Å²) in [5.41, 5.74) is 0.748. The van der Waals surface area contributed by atoms with Crippen LogP contribution in [0.25, 0.3) is 0 Å². The van der Waals surface area contributed by atoms with Crippen molar-refractivity contribution in [3.8, 4) is 0 Å². The molecule has 7 nitrogen and oxygen atoms in total. The fraction of sp³-hybridized carbons (Fsp3) is 0.481. The van der Waals surface area contributed by atoms with E-state index >= 15 is 0 Å². The van der Waals surface area contributed by atoms with E-state index in [4.69, 9.17) is 4.74 Å². The molecule has 4 bridgehead atoms. The molecule has 2 N–H and O–H groups in total. The first-order valence-electron chi connectivity index (χ1n) is 12.4. The van der Waals surface area contributed by atoms with Gasteiger partial charge in [0.2, 0.25) is 10.0 Å². The lowest BCUT2D eigenvalue weighted by molar-refractivity contribution is -0.134. The van der Waals surface area contributed by atoms with Gasteiger partial charge in [-0.25, -0.2) is 17.9 Å². The first-order valence-corrected chi connectivity index (χ1v) is 13.9. The number of hydrogen-bond acceptors (Lipinski definition) is 5. The molecule has 1 atom stereocenters. The molecular formula is C27H32N2O5S. The zero-order valence-electron chi connectivity index (χ0n) is 19.9. The van der Waals surface area contributed by atoms with Crippen LogP contribution < -0.4 is 10.0 Å². The zero-order chi connectivity index (χ0) is 24.6. The van der Waals surface area contributed by atoms with E-state index in [2.05, 4.69) is 10.0 Å². The van der Waals surface area contributed by atoms with E-state index in [9.17, 15) is 18.0 Å². The highest BCUT2D eigenvalue weighted by Crippen LogP contribution is 2.55. The van der Waals surface area contributed by atoms with Crippen LogP contribution in [0.5, 0.6) is 0 Å². The Hall–Kier alpha value is -2.71. The summed E-state index contributed by atoms with van der Waals surface area (Å²) in [5, 5.41) is 3.23. The summed E-state index contributed by atoms with van der Waals surface area (Å²) >= 11 is 0. The van der Waals surface area contributed by atoms with Gasteiger partial charge >= 0.3 is 5.97 Å². The second-order valence-corrected chi connectivity index (χ2v) is 12.3. The maximum absolute atomic E-state index is 12.9. The average Bonchev–Trinajstić information content (AvgIpc) is 2.82. The highest BCUT2D eigenvalue weighted by molar-refractivity contribution is 7.89. The summed E-state index contributed by atoms with van der Waals surface area (Å²) < 4.78 is 33.5. The van der Waals surface area contributed by atoms with Crippen molar-refractivity contribution in [2.75, 3.05) is 0 Å². The Kier molecular flexibility index (Phi) is 6.44. The maximum Gasteiger partial charge on any atom is 0.338 e. The minimum Gasteiger partial charge on any atom is -0.449 e. The fourth-order valence-corrected chi connectivity index (χ4v) is 7.62. The molecule has 1 amide bonds. The van der Waals surface area contributed by atoms with E-state index in [0.29, 0.717) is 17.8 Å². The van der Waals surface area contributed by atoms with Gasteiger partial charge in [0.1, 0.15) is 0 Å². The van der Waals surface area contributed by atoms with Crippen molar-refractivity contribution in [3.05, 3.63) is 65.7 Å². The summed E-state index contributed by atoms with van der Waals surface area (Å²) in [6, 6.07) is 14.9. The van der Waals surface area contributed by atoms with Crippen molar-refractivity contribution in [1.29, 1.82) is 0 Å². The molecule has 4 aliphatic carbocycles. The second kappa shape index (κ2) is 9.39. The van der Waals surface area contributed by atoms with Crippen LogP contribution in [0.3, 0.4) is 0 Å². The zero-order valence-corrected chi connectivity index (χ0v) is 20.7. The van der Waals surface area contributed by atoms with Crippen molar-refractivity contribution in [1.82, 2.24) is 10.0 Å². The van der Waals surface area contributed by atoms with Crippen LogP contribution >= 0.6 is 0 Å². The number of sulfonamides is 1. The molecule has 0 saturated heterocycles. The third-order valence-electron chi connectivity index (χ3n) is 7.77. The van der Waals surface area contributed by atoms with Crippen LogP contribution in [0.15, 0.2) is 59.5 Å². The number of rotatable bonds is 8. The molecule has 0 aromatic heterocycles. The Morgan fingerprint density at radius 2 is 1.60 bits per heavy atom. The minimum absolute atomic E-state index is 0.0337. The van der Waals surface area contributed by atoms with Crippen molar-refractivity contribution in [2.45, 2.75) is 68.5 Å². The summed E-state index contributed by atoms with van der Waals surface area (Å²) in [6.45, 7) is 1.70. The molecular weight excluding hydrogens is 464 g/mol. The van der Waals surface area contributed by atoms with Gasteiger partial charge in [-0.15, -0.1) is 0 Å². The van der Waals surface area contributed by atoms with Gasteiger partial charge in [0.25, 0.3) is 5.91 Å². The van der Waals surface area contributed by atoms with Gasteiger partial charge in [-0.2, -0.15) is 0 Å². The summed E-state index contributed by atoms with van der Waals surface area (Å²) in [6.07, 6.45) is 5.91. The summed E-state index contributed by atoms with van der Waals surface area (Å²) in [4.78, 5) is 25.7. The van der Waals surface area contributed by atoms with Gasteiger partial charge < -0.3 is 10.1 Å². The van der Waals surface area contributed by atoms with E-state index < -0.39 is 22.1 Å². The SMILES string of the molecule is CC(OC(=O)c1cccc(S(=O)(=O)NCc2ccccc2)c1)C(=O)NC12CC3CC(CC(C3)C1)C2. The number of amides is 1. The van der Waals surface area contributed by atoms with Gasteiger partial charge in [0, 0.05) is 12.1 Å². The molecule has 35 heavy (non-hydrogen) atoms. The molecule has 0 heterocycles. The Morgan fingerprint density at radius 1 is 0.971 bits per heavy atom. The van der Waals surface area contributed by atoms with Crippen LogP contribution in [-0.4, -0.2) is 31.9 Å². The molecule has 6 rings (SSSR count). The van der Waals surface area contributed by atoms with Crippen LogP contribution in [0.2, 0.25) is 0 Å². The monoisotopic (exact) mass is 496 g/mol. The van der Waals surface area contributed by atoms with Crippen LogP contribution in [-0.2, 0) is 26.1 Å². The topological polar surface area (TPSA) is 102 Å². The molecule has 0 radical (unpaired) electrons. The molecule has 2 aromatic carbocycles. The third-order valence-corrected chi connectivity index (χ3v) is 9.17. The average molecular weight is 497 g/mol. The first-order chi connectivity index (χ1) is 16.7. The van der Waals surface area contributed by atoms with E-state index in [1.165, 1.54) is 43.5 Å². The number of nitrogens with one attached hydrogen (secondary N) is 2. The highest BCUT2D eigenvalue weighted by atomic mass is 32.2. The number of carbonyl (C=O) groups is 2. The Balaban J connectivity index is 1.20. The van der Waals surface area contributed by atoms with Gasteiger partial charge in [0.15, 0.2) is 6.10 Å². The largest absolute Gasteiger partial charge is 0.449 e. The Labute approximate surface area is 206 Å².